The minimum Gasteiger partial charge on any atom is -0.456 e. The lowest BCUT2D eigenvalue weighted by Crippen LogP contribution is -2.04. The van der Waals surface area contributed by atoms with Gasteiger partial charge in [0.25, 0.3) is 5.69 Å². The van der Waals surface area contributed by atoms with Crippen LogP contribution in [0.25, 0.3) is 0 Å². The lowest BCUT2D eigenvalue weighted by Gasteiger charge is -2.04. The molecule has 0 amide bonds. The molecule has 5 nitrogen and oxygen atoms in total. The number of hydrogen-bond donors (Lipinski definition) is 0. The summed E-state index contributed by atoms with van der Waals surface area (Å²) in [5, 5.41) is 10.8. The molecule has 0 atom stereocenters. The molecule has 0 fully saturated rings. The molecule has 1 aromatic heterocycles. The predicted molar refractivity (Wildman–Crippen MR) is 71.3 cm³/mol. The van der Waals surface area contributed by atoms with Gasteiger partial charge in [0.15, 0.2) is 0 Å². The first-order chi connectivity index (χ1) is 9.08. The third kappa shape index (κ3) is 3.17. The summed E-state index contributed by atoms with van der Waals surface area (Å²) in [7, 11) is 0. The zero-order valence-electron chi connectivity index (χ0n) is 10.2. The molecule has 0 unspecified atom stereocenters. The molecule has 0 saturated heterocycles. The number of carbonyl (C=O) groups excluding carboxylic acids is 1. The number of ether oxygens (including phenoxy) is 1. The number of hydrogen-bond acceptors (Lipinski definition) is 5. The van der Waals surface area contributed by atoms with Crippen LogP contribution in [0.5, 0.6) is 0 Å². The highest BCUT2D eigenvalue weighted by Gasteiger charge is 2.15. The van der Waals surface area contributed by atoms with Gasteiger partial charge in [-0.3, -0.25) is 10.1 Å². The molecule has 2 aromatic rings. The molecule has 19 heavy (non-hydrogen) atoms. The molecule has 1 aromatic carbocycles. The second-order valence-corrected chi connectivity index (χ2v) is 5.16. The Kier molecular flexibility index (Phi) is 3.91. The van der Waals surface area contributed by atoms with Crippen LogP contribution in [0.2, 0.25) is 0 Å². The SMILES string of the molecule is Cc1ccc(C(=O)OCc2ccccc2[N+](=O)[O-])s1. The Hall–Kier alpha value is -2.21. The van der Waals surface area contributed by atoms with Gasteiger partial charge in [0.05, 0.1) is 10.5 Å². The van der Waals surface area contributed by atoms with E-state index in [2.05, 4.69) is 0 Å². The van der Waals surface area contributed by atoms with Crippen LogP contribution in [-0.2, 0) is 11.3 Å². The number of para-hydroxylation sites is 1. The second kappa shape index (κ2) is 5.62. The molecule has 98 valence electrons. The molecule has 0 bridgehead atoms. The van der Waals surface area contributed by atoms with Crippen molar-refractivity contribution >= 4 is 23.0 Å². The van der Waals surface area contributed by atoms with Crippen LogP contribution in [-0.4, -0.2) is 10.9 Å². The maximum atomic E-state index is 11.7. The van der Waals surface area contributed by atoms with Gasteiger partial charge in [-0.25, -0.2) is 4.79 Å². The van der Waals surface area contributed by atoms with Crippen LogP contribution < -0.4 is 0 Å². The van der Waals surface area contributed by atoms with E-state index in [4.69, 9.17) is 4.74 Å². The van der Waals surface area contributed by atoms with E-state index in [9.17, 15) is 14.9 Å². The average molecular weight is 277 g/mol. The quantitative estimate of drug-likeness (QED) is 0.488. The number of nitro benzene ring substituents is 1. The number of carbonyl (C=O) groups is 1. The van der Waals surface area contributed by atoms with Crippen LogP contribution >= 0.6 is 11.3 Å². The normalized spacial score (nSPS) is 10.2. The molecule has 0 aliphatic heterocycles. The molecule has 0 saturated carbocycles. The molecule has 2 rings (SSSR count). The Labute approximate surface area is 113 Å². The molecule has 0 radical (unpaired) electrons. The van der Waals surface area contributed by atoms with Gasteiger partial charge >= 0.3 is 5.97 Å². The first-order valence-corrected chi connectivity index (χ1v) is 6.35. The summed E-state index contributed by atoms with van der Waals surface area (Å²) < 4.78 is 5.09. The fourth-order valence-corrected chi connectivity index (χ4v) is 2.33. The van der Waals surface area contributed by atoms with Gasteiger partial charge in [-0.2, -0.15) is 0 Å². The summed E-state index contributed by atoms with van der Waals surface area (Å²) in [5.74, 6) is -0.462. The lowest BCUT2D eigenvalue weighted by molar-refractivity contribution is -0.385. The van der Waals surface area contributed by atoms with Crippen LogP contribution in [0, 0.1) is 17.0 Å². The molecule has 6 heteroatoms. The van der Waals surface area contributed by atoms with E-state index in [1.807, 2.05) is 13.0 Å². The van der Waals surface area contributed by atoms with Crippen LogP contribution in [0.4, 0.5) is 5.69 Å². The van der Waals surface area contributed by atoms with Crippen molar-refractivity contribution in [2.75, 3.05) is 0 Å². The molecule has 0 aliphatic rings. The highest BCUT2D eigenvalue weighted by atomic mass is 32.1. The summed E-state index contributed by atoms with van der Waals surface area (Å²) in [6.45, 7) is 1.79. The summed E-state index contributed by atoms with van der Waals surface area (Å²) in [4.78, 5) is 23.6. The third-order valence-electron chi connectivity index (χ3n) is 2.49. The zero-order chi connectivity index (χ0) is 13.8. The minimum absolute atomic E-state index is 0.0438. The molecule has 0 N–H and O–H groups in total. The fourth-order valence-electron chi connectivity index (χ4n) is 1.57. The van der Waals surface area contributed by atoms with Crippen molar-refractivity contribution in [1.29, 1.82) is 0 Å². The second-order valence-electron chi connectivity index (χ2n) is 3.87. The highest BCUT2D eigenvalue weighted by molar-refractivity contribution is 7.13. The number of esters is 1. The number of benzene rings is 1. The van der Waals surface area contributed by atoms with Gasteiger partial charge in [-0.15, -0.1) is 11.3 Å². The summed E-state index contributed by atoms with van der Waals surface area (Å²) in [5.41, 5.74) is 0.340. The largest absolute Gasteiger partial charge is 0.456 e. The highest BCUT2D eigenvalue weighted by Crippen LogP contribution is 2.20. The maximum absolute atomic E-state index is 11.7. The van der Waals surface area contributed by atoms with Gasteiger partial charge in [0, 0.05) is 10.9 Å². The Balaban J connectivity index is 2.07. The van der Waals surface area contributed by atoms with Gasteiger partial charge in [-0.05, 0) is 25.1 Å². The van der Waals surface area contributed by atoms with Gasteiger partial charge < -0.3 is 4.74 Å². The first kappa shape index (κ1) is 13.2. The monoisotopic (exact) mass is 277 g/mol. The minimum atomic E-state index is -0.488. The topological polar surface area (TPSA) is 69.4 Å². The maximum Gasteiger partial charge on any atom is 0.348 e. The Morgan fingerprint density at radius 2 is 2.05 bits per heavy atom. The Morgan fingerprint density at radius 1 is 1.32 bits per heavy atom. The number of thiophene rings is 1. The zero-order valence-corrected chi connectivity index (χ0v) is 11.0. The van der Waals surface area contributed by atoms with Gasteiger partial charge in [-0.1, -0.05) is 12.1 Å². The Bertz CT molecular complexity index is 621. The lowest BCUT2D eigenvalue weighted by atomic mass is 10.2. The fraction of sp³-hybridized carbons (Fsp3) is 0.154. The van der Waals surface area contributed by atoms with Crippen molar-refractivity contribution in [2.45, 2.75) is 13.5 Å². The number of rotatable bonds is 4. The van der Waals surface area contributed by atoms with Crippen molar-refractivity contribution < 1.29 is 14.5 Å². The molecular formula is C13H11NO4S. The van der Waals surface area contributed by atoms with Crippen LogP contribution in [0.1, 0.15) is 20.1 Å². The van der Waals surface area contributed by atoms with E-state index in [1.54, 1.807) is 24.3 Å². The van der Waals surface area contributed by atoms with E-state index < -0.39 is 10.9 Å². The number of nitrogens with zero attached hydrogens (tertiary/aromatic N) is 1. The molecule has 1 heterocycles. The van der Waals surface area contributed by atoms with E-state index in [0.717, 1.165) is 4.88 Å². The smallest absolute Gasteiger partial charge is 0.348 e. The first-order valence-electron chi connectivity index (χ1n) is 5.54. The number of aryl methyl sites for hydroxylation is 1. The molecular weight excluding hydrogens is 266 g/mol. The summed E-state index contributed by atoms with van der Waals surface area (Å²) in [6, 6.07) is 9.72. The standard InChI is InChI=1S/C13H11NO4S/c1-9-6-7-12(19-9)13(15)18-8-10-4-2-3-5-11(10)14(16)17/h2-7H,8H2,1H3. The predicted octanol–water partition coefficient (Wildman–Crippen LogP) is 3.32. The Morgan fingerprint density at radius 3 is 2.68 bits per heavy atom. The van der Waals surface area contributed by atoms with Crippen LogP contribution in [0.3, 0.4) is 0 Å². The van der Waals surface area contributed by atoms with E-state index in [0.29, 0.717) is 10.4 Å². The van der Waals surface area contributed by atoms with Gasteiger partial charge in [0.2, 0.25) is 0 Å². The van der Waals surface area contributed by atoms with Gasteiger partial charge in [0.1, 0.15) is 11.5 Å². The van der Waals surface area contributed by atoms with Crippen molar-refractivity contribution in [2.24, 2.45) is 0 Å². The average Bonchev–Trinajstić information content (AvgIpc) is 2.83. The van der Waals surface area contributed by atoms with Crippen molar-refractivity contribution in [1.82, 2.24) is 0 Å². The molecule has 0 spiro atoms. The summed E-state index contributed by atoms with van der Waals surface area (Å²) >= 11 is 1.33. The van der Waals surface area contributed by atoms with Crippen molar-refractivity contribution in [3.05, 3.63) is 61.8 Å². The van der Waals surface area contributed by atoms with Crippen molar-refractivity contribution in [3.63, 3.8) is 0 Å². The number of nitro groups is 1. The summed E-state index contributed by atoms with van der Waals surface area (Å²) in [6.07, 6.45) is 0. The third-order valence-corrected chi connectivity index (χ3v) is 3.47. The van der Waals surface area contributed by atoms with Crippen LogP contribution in [0.15, 0.2) is 36.4 Å². The van der Waals surface area contributed by atoms with Crippen molar-refractivity contribution in [3.8, 4) is 0 Å². The van der Waals surface area contributed by atoms with E-state index in [1.165, 1.54) is 17.4 Å². The molecule has 0 aliphatic carbocycles. The van der Waals surface area contributed by atoms with E-state index >= 15 is 0 Å². The van der Waals surface area contributed by atoms with E-state index in [-0.39, 0.29) is 12.3 Å².